The molecule has 1 aromatic rings. The molecule has 0 aliphatic carbocycles. The van der Waals surface area contributed by atoms with Crippen molar-refractivity contribution in [1.29, 1.82) is 0 Å². The Hall–Kier alpha value is -1.11. The van der Waals surface area contributed by atoms with Gasteiger partial charge in [-0.15, -0.1) is 0 Å². The lowest BCUT2D eigenvalue weighted by Crippen LogP contribution is -2.42. The molecule has 1 atom stereocenters. The number of hydrogen-bond donors (Lipinski definition) is 4. The molecular formula is C15H22BrN3O2. The number of aliphatic hydroxyl groups excluding tert-OH is 1. The second kappa shape index (κ2) is 8.36. The zero-order valence-electron chi connectivity index (χ0n) is 11.9. The number of aliphatic hydroxyl groups is 1. The Kier molecular flexibility index (Phi) is 6.48. The van der Waals surface area contributed by atoms with Gasteiger partial charge in [0.2, 0.25) is 0 Å². The molecule has 0 spiro atoms. The molecule has 1 saturated heterocycles. The highest BCUT2D eigenvalue weighted by molar-refractivity contribution is 9.10. The van der Waals surface area contributed by atoms with E-state index in [1.807, 2.05) is 24.3 Å². The first-order valence-electron chi connectivity index (χ1n) is 7.31. The summed E-state index contributed by atoms with van der Waals surface area (Å²) in [6, 6.07) is 7.23. The molecule has 116 valence electrons. The summed E-state index contributed by atoms with van der Waals surface area (Å²) in [5.41, 5.74) is 0.774. The topological polar surface area (TPSA) is 73.4 Å². The first-order valence-corrected chi connectivity index (χ1v) is 8.11. The predicted octanol–water partition coefficient (Wildman–Crippen LogP) is 1.78. The fourth-order valence-corrected chi connectivity index (χ4v) is 2.98. The number of urea groups is 1. The zero-order valence-corrected chi connectivity index (χ0v) is 13.5. The summed E-state index contributed by atoms with van der Waals surface area (Å²) in [6.45, 7) is 2.93. The summed E-state index contributed by atoms with van der Waals surface area (Å²) in [7, 11) is 0. The Morgan fingerprint density at radius 2 is 2.05 bits per heavy atom. The largest absolute Gasteiger partial charge is 0.387 e. The third-order valence-electron chi connectivity index (χ3n) is 3.73. The van der Waals surface area contributed by atoms with Crippen LogP contribution < -0.4 is 16.0 Å². The molecule has 1 aliphatic rings. The molecule has 2 amide bonds. The average Bonchev–Trinajstić information content (AvgIpc) is 2.52. The van der Waals surface area contributed by atoms with Crippen molar-refractivity contribution in [3.8, 4) is 0 Å². The van der Waals surface area contributed by atoms with Gasteiger partial charge in [-0.2, -0.15) is 0 Å². The molecule has 2 rings (SSSR count). The third kappa shape index (κ3) is 5.30. The van der Waals surface area contributed by atoms with Crippen LogP contribution in [0.2, 0.25) is 0 Å². The van der Waals surface area contributed by atoms with Crippen LogP contribution in [0, 0.1) is 5.92 Å². The fourth-order valence-electron chi connectivity index (χ4n) is 2.43. The second-order valence-corrected chi connectivity index (χ2v) is 6.18. The average molecular weight is 356 g/mol. The van der Waals surface area contributed by atoms with E-state index in [2.05, 4.69) is 31.9 Å². The van der Waals surface area contributed by atoms with Crippen LogP contribution in [-0.2, 0) is 0 Å². The van der Waals surface area contributed by atoms with Crippen molar-refractivity contribution in [2.45, 2.75) is 18.9 Å². The maximum Gasteiger partial charge on any atom is 0.314 e. The number of hydrogen-bond acceptors (Lipinski definition) is 3. The van der Waals surface area contributed by atoms with Crippen LogP contribution in [-0.4, -0.2) is 37.3 Å². The number of carbonyl (C=O) groups excluding carboxylic acids is 1. The number of rotatable bonds is 5. The van der Waals surface area contributed by atoms with Crippen LogP contribution in [0.25, 0.3) is 0 Å². The normalized spacial score (nSPS) is 17.2. The van der Waals surface area contributed by atoms with Crippen molar-refractivity contribution in [3.05, 3.63) is 34.3 Å². The van der Waals surface area contributed by atoms with Gasteiger partial charge in [0.15, 0.2) is 0 Å². The van der Waals surface area contributed by atoms with E-state index in [9.17, 15) is 9.90 Å². The lowest BCUT2D eigenvalue weighted by atomic mass is 9.98. The molecule has 0 bridgehead atoms. The van der Waals surface area contributed by atoms with Crippen LogP contribution >= 0.6 is 15.9 Å². The Bertz CT molecular complexity index is 464. The van der Waals surface area contributed by atoms with Gasteiger partial charge in [0.05, 0.1) is 6.10 Å². The minimum Gasteiger partial charge on any atom is -0.387 e. The fraction of sp³-hybridized carbons (Fsp3) is 0.533. The Labute approximate surface area is 133 Å². The molecule has 21 heavy (non-hydrogen) atoms. The van der Waals surface area contributed by atoms with Gasteiger partial charge in [-0.3, -0.25) is 0 Å². The highest BCUT2D eigenvalue weighted by atomic mass is 79.9. The Morgan fingerprint density at radius 3 is 2.76 bits per heavy atom. The molecule has 5 nitrogen and oxygen atoms in total. The van der Waals surface area contributed by atoms with Crippen molar-refractivity contribution < 1.29 is 9.90 Å². The highest BCUT2D eigenvalue weighted by Gasteiger charge is 2.15. The molecule has 0 aromatic heterocycles. The van der Waals surface area contributed by atoms with Gasteiger partial charge >= 0.3 is 6.03 Å². The minimum absolute atomic E-state index is 0.195. The van der Waals surface area contributed by atoms with Crippen molar-refractivity contribution in [3.63, 3.8) is 0 Å². The molecule has 0 saturated carbocycles. The van der Waals surface area contributed by atoms with Crippen molar-refractivity contribution in [1.82, 2.24) is 16.0 Å². The number of halogens is 1. The highest BCUT2D eigenvalue weighted by Crippen LogP contribution is 2.22. The Balaban J connectivity index is 1.69. The summed E-state index contributed by atoms with van der Waals surface area (Å²) in [5, 5.41) is 19.0. The first kappa shape index (κ1) is 16.3. The van der Waals surface area contributed by atoms with Crippen molar-refractivity contribution in [2.24, 2.45) is 5.92 Å². The van der Waals surface area contributed by atoms with Gasteiger partial charge in [-0.05, 0) is 43.5 Å². The second-order valence-electron chi connectivity index (χ2n) is 5.32. The molecule has 1 aliphatic heterocycles. The third-order valence-corrected chi connectivity index (χ3v) is 4.45. The number of carbonyl (C=O) groups is 1. The van der Waals surface area contributed by atoms with Crippen LogP contribution in [0.1, 0.15) is 24.5 Å². The van der Waals surface area contributed by atoms with Crippen LogP contribution in [0.3, 0.4) is 0 Å². The summed E-state index contributed by atoms with van der Waals surface area (Å²) >= 11 is 3.39. The van der Waals surface area contributed by atoms with Gasteiger partial charge in [0, 0.05) is 17.6 Å². The first-order chi connectivity index (χ1) is 10.2. The quantitative estimate of drug-likeness (QED) is 0.650. The van der Waals surface area contributed by atoms with E-state index in [4.69, 9.17) is 0 Å². The van der Waals surface area contributed by atoms with E-state index in [0.717, 1.165) is 36.0 Å². The summed E-state index contributed by atoms with van der Waals surface area (Å²) in [5.74, 6) is 0.546. The van der Waals surface area contributed by atoms with Crippen molar-refractivity contribution >= 4 is 22.0 Å². The molecule has 1 fully saturated rings. The monoisotopic (exact) mass is 355 g/mol. The van der Waals surface area contributed by atoms with Crippen LogP contribution in [0.5, 0.6) is 0 Å². The Morgan fingerprint density at radius 1 is 1.33 bits per heavy atom. The SMILES string of the molecule is O=C(NCC1CCNCC1)NCC(O)c1ccccc1Br. The lowest BCUT2D eigenvalue weighted by molar-refractivity contribution is 0.172. The zero-order chi connectivity index (χ0) is 15.1. The van der Waals surface area contributed by atoms with Gasteiger partial charge in [-0.1, -0.05) is 34.1 Å². The van der Waals surface area contributed by atoms with E-state index in [0.29, 0.717) is 12.5 Å². The van der Waals surface area contributed by atoms with Crippen LogP contribution in [0.15, 0.2) is 28.7 Å². The molecule has 1 heterocycles. The number of benzene rings is 1. The predicted molar refractivity (Wildman–Crippen MR) is 86.1 cm³/mol. The van der Waals surface area contributed by atoms with E-state index < -0.39 is 6.10 Å². The number of piperidine rings is 1. The van der Waals surface area contributed by atoms with Gasteiger partial charge < -0.3 is 21.1 Å². The summed E-state index contributed by atoms with van der Waals surface area (Å²) in [6.07, 6.45) is 1.48. The van der Waals surface area contributed by atoms with E-state index >= 15 is 0 Å². The molecule has 1 unspecified atom stereocenters. The molecular weight excluding hydrogens is 334 g/mol. The van der Waals surface area contributed by atoms with Gasteiger partial charge in [-0.25, -0.2) is 4.79 Å². The molecule has 0 radical (unpaired) electrons. The maximum atomic E-state index is 11.7. The summed E-state index contributed by atoms with van der Waals surface area (Å²) in [4.78, 5) is 11.7. The number of amides is 2. The number of nitrogens with one attached hydrogen (secondary N) is 3. The molecule has 6 heteroatoms. The molecule has 4 N–H and O–H groups in total. The maximum absolute atomic E-state index is 11.7. The standard InChI is InChI=1S/C15H22BrN3O2/c16-13-4-2-1-3-12(13)14(20)10-19-15(21)18-9-11-5-7-17-8-6-11/h1-4,11,14,17,20H,5-10H2,(H2,18,19,21). The van der Waals surface area contributed by atoms with Gasteiger partial charge in [0.25, 0.3) is 0 Å². The van der Waals surface area contributed by atoms with E-state index in [1.165, 1.54) is 0 Å². The van der Waals surface area contributed by atoms with Crippen LogP contribution in [0.4, 0.5) is 4.79 Å². The summed E-state index contributed by atoms with van der Waals surface area (Å²) < 4.78 is 0.842. The van der Waals surface area contributed by atoms with Crippen molar-refractivity contribution in [2.75, 3.05) is 26.2 Å². The van der Waals surface area contributed by atoms with Gasteiger partial charge in [0.1, 0.15) is 0 Å². The van der Waals surface area contributed by atoms with E-state index in [-0.39, 0.29) is 12.6 Å². The molecule has 1 aromatic carbocycles. The minimum atomic E-state index is -0.717. The smallest absolute Gasteiger partial charge is 0.314 e. The lowest BCUT2D eigenvalue weighted by Gasteiger charge is -2.23. The van der Waals surface area contributed by atoms with E-state index in [1.54, 1.807) is 0 Å².